The molecular weight excluding hydrogens is 200 g/mol. The van der Waals surface area contributed by atoms with Crippen LogP contribution in [-0.4, -0.2) is 11.1 Å². The van der Waals surface area contributed by atoms with Crippen molar-refractivity contribution in [2.75, 3.05) is 0 Å². The van der Waals surface area contributed by atoms with Crippen molar-refractivity contribution >= 4 is 29.1 Å². The molecular formula is C9H4N2O2S. The van der Waals surface area contributed by atoms with Crippen molar-refractivity contribution in [1.82, 2.24) is 0 Å². The zero-order valence-electron chi connectivity index (χ0n) is 6.89. The quantitative estimate of drug-likeness (QED) is 0.722. The number of hydrogen-bond acceptors (Lipinski definition) is 4. The first-order valence-electron chi connectivity index (χ1n) is 3.96. The largest absolute Gasteiger partial charge is 0.476 e. The number of nitrogens with zero attached hydrogens (tertiary/aromatic N) is 2. The number of azo groups is 1. The van der Waals surface area contributed by atoms with Gasteiger partial charge in [0.2, 0.25) is 0 Å². The van der Waals surface area contributed by atoms with Crippen LogP contribution in [-0.2, 0) is 4.79 Å². The van der Waals surface area contributed by atoms with Gasteiger partial charge in [0.1, 0.15) is 5.70 Å². The zero-order chi connectivity index (χ0) is 9.71. The highest BCUT2D eigenvalue weighted by Gasteiger charge is 2.25. The van der Waals surface area contributed by atoms with Crippen LogP contribution >= 0.6 is 11.3 Å². The standard InChI is InChI=1S/C9H4N2O2S/c12-9(13)8-5-3-6-4(1-2-14-6)7(5)10-11-8/h1-3H,(H,12,13). The van der Waals surface area contributed by atoms with Gasteiger partial charge in [0.25, 0.3) is 0 Å². The molecule has 0 bridgehead atoms. The first kappa shape index (κ1) is 7.64. The number of thiophene rings is 1. The van der Waals surface area contributed by atoms with Gasteiger partial charge in [0.05, 0.1) is 0 Å². The summed E-state index contributed by atoms with van der Waals surface area (Å²) in [5.74, 6) is -1.02. The molecule has 0 unspecified atom stereocenters. The Morgan fingerprint density at radius 1 is 1.43 bits per heavy atom. The van der Waals surface area contributed by atoms with Crippen LogP contribution in [0.2, 0.25) is 0 Å². The second kappa shape index (κ2) is 2.39. The summed E-state index contributed by atoms with van der Waals surface area (Å²) in [7, 11) is 0. The lowest BCUT2D eigenvalue weighted by atomic mass is 10.2. The van der Waals surface area contributed by atoms with Crippen molar-refractivity contribution < 1.29 is 9.90 Å². The number of aliphatic carboxylic acids is 1. The lowest BCUT2D eigenvalue weighted by Gasteiger charge is -1.89. The Balaban J connectivity index is 2.42. The molecule has 5 heteroatoms. The number of carboxylic acids is 1. The van der Waals surface area contributed by atoms with Crippen LogP contribution in [0.5, 0.6) is 0 Å². The lowest BCUT2D eigenvalue weighted by molar-refractivity contribution is -0.132. The fourth-order valence-electron chi connectivity index (χ4n) is 1.57. The number of fused-ring (bicyclic) bond motifs is 2. The zero-order valence-corrected chi connectivity index (χ0v) is 7.71. The third kappa shape index (κ3) is 0.793. The SMILES string of the molecule is O=C(O)C1=C2C=c3sccc3=C2N=N1. The maximum absolute atomic E-state index is 10.8. The van der Waals surface area contributed by atoms with Gasteiger partial charge in [-0.25, -0.2) is 4.79 Å². The van der Waals surface area contributed by atoms with Gasteiger partial charge >= 0.3 is 5.97 Å². The molecule has 0 spiro atoms. The Labute approximate surface area is 82.2 Å². The van der Waals surface area contributed by atoms with E-state index in [1.807, 2.05) is 17.5 Å². The molecule has 1 aromatic rings. The van der Waals surface area contributed by atoms with Crippen LogP contribution in [0.3, 0.4) is 0 Å². The van der Waals surface area contributed by atoms with Crippen LogP contribution in [0.25, 0.3) is 11.8 Å². The summed E-state index contributed by atoms with van der Waals surface area (Å²) in [4.78, 5) is 10.8. The fraction of sp³-hybridized carbons (Fsp3) is 0. The van der Waals surface area contributed by atoms with Gasteiger partial charge in [0.15, 0.2) is 5.70 Å². The van der Waals surface area contributed by atoms with E-state index in [1.165, 1.54) is 0 Å². The number of carbonyl (C=O) groups is 1. The first-order chi connectivity index (χ1) is 6.77. The van der Waals surface area contributed by atoms with E-state index in [0.717, 1.165) is 9.75 Å². The Kier molecular flexibility index (Phi) is 1.30. The Morgan fingerprint density at radius 2 is 2.29 bits per heavy atom. The second-order valence-electron chi connectivity index (χ2n) is 2.96. The van der Waals surface area contributed by atoms with Gasteiger partial charge < -0.3 is 5.11 Å². The minimum Gasteiger partial charge on any atom is -0.476 e. The molecule has 0 amide bonds. The summed E-state index contributed by atoms with van der Waals surface area (Å²) in [6, 6.07) is 1.93. The van der Waals surface area contributed by atoms with Crippen molar-refractivity contribution in [3.8, 4) is 0 Å². The molecule has 2 aliphatic rings. The molecule has 1 aliphatic carbocycles. The van der Waals surface area contributed by atoms with E-state index in [2.05, 4.69) is 10.2 Å². The summed E-state index contributed by atoms with van der Waals surface area (Å²) < 4.78 is 1.06. The highest BCUT2D eigenvalue weighted by atomic mass is 32.1. The third-order valence-electron chi connectivity index (χ3n) is 2.19. The average molecular weight is 204 g/mol. The molecule has 0 radical (unpaired) electrons. The topological polar surface area (TPSA) is 62.0 Å². The minimum absolute atomic E-state index is 0.0448. The summed E-state index contributed by atoms with van der Waals surface area (Å²) in [6.45, 7) is 0. The molecule has 0 aromatic carbocycles. The van der Waals surface area contributed by atoms with Gasteiger partial charge in [-0.1, -0.05) is 0 Å². The van der Waals surface area contributed by atoms with Crippen molar-refractivity contribution in [2.45, 2.75) is 0 Å². The monoisotopic (exact) mass is 204 g/mol. The summed E-state index contributed by atoms with van der Waals surface area (Å²) in [6.07, 6.45) is 1.83. The Bertz CT molecular complexity index is 621. The normalized spacial score (nSPS) is 17.0. The lowest BCUT2D eigenvalue weighted by Crippen LogP contribution is -2.14. The molecule has 0 saturated heterocycles. The molecule has 14 heavy (non-hydrogen) atoms. The molecule has 0 saturated carbocycles. The van der Waals surface area contributed by atoms with Gasteiger partial charge in [0, 0.05) is 15.3 Å². The maximum atomic E-state index is 10.8. The molecule has 0 fully saturated rings. The predicted molar refractivity (Wildman–Crippen MR) is 51.0 cm³/mol. The molecule has 1 N–H and O–H groups in total. The van der Waals surface area contributed by atoms with E-state index in [9.17, 15) is 4.79 Å². The molecule has 3 rings (SSSR count). The van der Waals surface area contributed by atoms with E-state index in [-0.39, 0.29) is 5.70 Å². The van der Waals surface area contributed by atoms with E-state index in [0.29, 0.717) is 11.3 Å². The summed E-state index contributed by atoms with van der Waals surface area (Å²) >= 11 is 1.58. The van der Waals surface area contributed by atoms with E-state index in [4.69, 9.17) is 5.11 Å². The molecule has 68 valence electrons. The second-order valence-corrected chi connectivity index (χ2v) is 3.91. The van der Waals surface area contributed by atoms with Crippen molar-refractivity contribution in [3.63, 3.8) is 0 Å². The summed E-state index contributed by atoms with van der Waals surface area (Å²) in [5.41, 5.74) is 1.38. The van der Waals surface area contributed by atoms with Crippen LogP contribution in [0, 0.1) is 0 Å². The Hall–Kier alpha value is -1.75. The number of rotatable bonds is 1. The molecule has 4 nitrogen and oxygen atoms in total. The molecule has 1 aliphatic heterocycles. The highest BCUT2D eigenvalue weighted by molar-refractivity contribution is 7.07. The third-order valence-corrected chi connectivity index (χ3v) is 3.05. The highest BCUT2D eigenvalue weighted by Crippen LogP contribution is 2.28. The van der Waals surface area contributed by atoms with E-state index in [1.54, 1.807) is 11.3 Å². The number of hydrogen-bond donors (Lipinski definition) is 1. The molecule has 2 heterocycles. The smallest absolute Gasteiger partial charge is 0.357 e. The first-order valence-corrected chi connectivity index (χ1v) is 4.84. The Morgan fingerprint density at radius 3 is 3.07 bits per heavy atom. The number of carboxylic acid groups (broad SMARTS) is 1. The van der Waals surface area contributed by atoms with Gasteiger partial charge in [-0.15, -0.1) is 21.6 Å². The van der Waals surface area contributed by atoms with Crippen molar-refractivity contribution in [2.24, 2.45) is 10.2 Å². The van der Waals surface area contributed by atoms with Crippen LogP contribution < -0.4 is 9.75 Å². The predicted octanol–water partition coefficient (Wildman–Crippen LogP) is 0.455. The van der Waals surface area contributed by atoms with Crippen LogP contribution in [0.1, 0.15) is 0 Å². The summed E-state index contributed by atoms with van der Waals surface area (Å²) in [5, 5.41) is 19.3. The van der Waals surface area contributed by atoms with Crippen LogP contribution in [0.4, 0.5) is 0 Å². The minimum atomic E-state index is -1.02. The maximum Gasteiger partial charge on any atom is 0.357 e. The van der Waals surface area contributed by atoms with Gasteiger partial charge in [-0.05, 0) is 17.5 Å². The molecule has 1 aromatic heterocycles. The van der Waals surface area contributed by atoms with Gasteiger partial charge in [-0.3, -0.25) is 0 Å². The van der Waals surface area contributed by atoms with E-state index < -0.39 is 5.97 Å². The van der Waals surface area contributed by atoms with Crippen molar-refractivity contribution in [1.29, 1.82) is 0 Å². The average Bonchev–Trinajstić information content (AvgIpc) is 2.70. The van der Waals surface area contributed by atoms with E-state index >= 15 is 0 Å². The molecule has 0 atom stereocenters. The fourth-order valence-corrected chi connectivity index (χ4v) is 2.40. The van der Waals surface area contributed by atoms with Crippen LogP contribution in [0.15, 0.2) is 32.9 Å². The van der Waals surface area contributed by atoms with Gasteiger partial charge in [-0.2, -0.15) is 0 Å². The van der Waals surface area contributed by atoms with Crippen molar-refractivity contribution in [3.05, 3.63) is 32.5 Å².